The Labute approximate surface area is 270 Å². The summed E-state index contributed by atoms with van der Waals surface area (Å²) in [6.07, 6.45) is 8.54. The summed E-state index contributed by atoms with van der Waals surface area (Å²) in [4.78, 5) is 27.2. The molecule has 45 heavy (non-hydrogen) atoms. The molecular formula is C34H41ClN2O7S. The number of rotatable bonds is 3. The van der Waals surface area contributed by atoms with Crippen molar-refractivity contribution in [3.63, 3.8) is 0 Å². The fraction of sp³-hybridized carbons (Fsp3) is 0.529. The van der Waals surface area contributed by atoms with Gasteiger partial charge in [0.05, 0.1) is 23.6 Å². The Bertz CT molecular complexity index is 1610. The summed E-state index contributed by atoms with van der Waals surface area (Å²) in [6.45, 7) is 4.78. The van der Waals surface area contributed by atoms with E-state index in [4.69, 9.17) is 21.1 Å². The molecule has 1 fully saturated rings. The molecule has 9 nitrogen and oxygen atoms in total. The van der Waals surface area contributed by atoms with E-state index in [9.17, 15) is 23.1 Å². The van der Waals surface area contributed by atoms with Crippen LogP contribution in [0.1, 0.15) is 67.4 Å². The standard InChI is InChI=1S/C34H41ClN2O7S/c1-21-5-3-7-30(43-18-32(38)39)27-11-8-25(27)17-37-19-34(14-4-6-23-15-26(35)10-12-28(23)34)20-44-31-13-9-24(16-29(31)37)33(40)36-45(41,42)22(21)2/h3,7,9-10,12-13,15-16,21-22,25,27,30H,4-6,8,11,14,17-20H2,1-2H3,(H,36,40)(H,38,39)/b7-3+/t21-,22+,25-,27+,30-,34-/m0/s1. The van der Waals surface area contributed by atoms with Gasteiger partial charge in [-0.1, -0.05) is 36.7 Å². The molecule has 1 saturated carbocycles. The molecule has 0 unspecified atom stereocenters. The minimum Gasteiger partial charge on any atom is -0.490 e. The van der Waals surface area contributed by atoms with Gasteiger partial charge in [0.15, 0.2) is 0 Å². The van der Waals surface area contributed by atoms with E-state index < -0.39 is 39.9 Å². The molecule has 1 spiro atoms. The molecule has 4 aliphatic rings. The highest BCUT2D eigenvalue weighted by Crippen LogP contribution is 2.47. The third-order valence-corrected chi connectivity index (χ3v) is 12.6. The van der Waals surface area contributed by atoms with Gasteiger partial charge in [0.1, 0.15) is 12.4 Å². The predicted molar refractivity (Wildman–Crippen MR) is 173 cm³/mol. The zero-order valence-corrected chi connectivity index (χ0v) is 27.3. The van der Waals surface area contributed by atoms with E-state index >= 15 is 0 Å². The number of sulfonamides is 1. The summed E-state index contributed by atoms with van der Waals surface area (Å²) in [5.74, 6) is -1.04. The van der Waals surface area contributed by atoms with Crippen molar-refractivity contribution in [2.24, 2.45) is 17.8 Å². The Balaban J connectivity index is 1.42. The molecule has 0 saturated heterocycles. The molecule has 2 aromatic rings. The molecule has 0 radical (unpaired) electrons. The predicted octanol–water partition coefficient (Wildman–Crippen LogP) is 5.35. The number of amides is 1. The van der Waals surface area contributed by atoms with E-state index in [0.29, 0.717) is 36.9 Å². The van der Waals surface area contributed by atoms with Crippen molar-refractivity contribution in [2.75, 3.05) is 31.2 Å². The van der Waals surface area contributed by atoms with Crippen LogP contribution in [-0.2, 0) is 31.4 Å². The van der Waals surface area contributed by atoms with Crippen molar-refractivity contribution in [3.05, 3.63) is 70.3 Å². The first-order valence-corrected chi connectivity index (χ1v) is 17.7. The Kier molecular flexibility index (Phi) is 8.93. The van der Waals surface area contributed by atoms with Crippen molar-refractivity contribution in [3.8, 4) is 5.75 Å². The number of carbonyl (C=O) groups excluding carboxylic acids is 1. The second kappa shape index (κ2) is 12.6. The van der Waals surface area contributed by atoms with E-state index in [1.165, 1.54) is 11.1 Å². The number of halogens is 1. The maximum absolute atomic E-state index is 13.4. The van der Waals surface area contributed by atoms with Gasteiger partial charge in [-0.25, -0.2) is 17.9 Å². The van der Waals surface area contributed by atoms with E-state index in [2.05, 4.69) is 15.7 Å². The Morgan fingerprint density at radius 2 is 2.02 bits per heavy atom. The lowest BCUT2D eigenvalue weighted by atomic mass is 9.68. The molecule has 11 heteroatoms. The lowest BCUT2D eigenvalue weighted by molar-refractivity contribution is -0.145. The average Bonchev–Trinajstić information content (AvgIpc) is 3.13. The summed E-state index contributed by atoms with van der Waals surface area (Å²) in [6, 6.07) is 11.2. The minimum atomic E-state index is -3.98. The Morgan fingerprint density at radius 1 is 1.20 bits per heavy atom. The van der Waals surface area contributed by atoms with Gasteiger partial charge < -0.3 is 19.5 Å². The molecular weight excluding hydrogens is 616 g/mol. The van der Waals surface area contributed by atoms with Crippen molar-refractivity contribution < 1.29 is 32.6 Å². The van der Waals surface area contributed by atoms with Crippen LogP contribution in [0.4, 0.5) is 5.69 Å². The van der Waals surface area contributed by atoms with Crippen LogP contribution in [0, 0.1) is 17.8 Å². The number of anilines is 1. The first kappa shape index (κ1) is 31.9. The highest BCUT2D eigenvalue weighted by atomic mass is 35.5. The number of aryl methyl sites for hydroxylation is 1. The second-order valence-corrected chi connectivity index (χ2v) is 15.8. The molecule has 1 amide bonds. The van der Waals surface area contributed by atoms with E-state index in [1.54, 1.807) is 25.1 Å². The first-order chi connectivity index (χ1) is 21.5. The third-order valence-electron chi connectivity index (χ3n) is 10.4. The first-order valence-electron chi connectivity index (χ1n) is 15.8. The number of allylic oxidation sites excluding steroid dienone is 1. The minimum absolute atomic E-state index is 0.0949. The maximum atomic E-state index is 13.4. The SMILES string of the molecule is C[C@@H]1[C@@H](C)C/C=C/[C@H](OCC(=O)O)[C@@H]2CC[C@H]2CN2C[C@@]3(CCCc4cc(Cl)ccc43)COc3ccc(cc32)C(=O)NS1(=O)=O. The largest absolute Gasteiger partial charge is 0.490 e. The van der Waals surface area contributed by atoms with Crippen LogP contribution in [0.15, 0.2) is 48.6 Å². The van der Waals surface area contributed by atoms with Gasteiger partial charge in [-0.3, -0.25) is 4.79 Å². The number of carboxylic acids is 1. The number of aliphatic carboxylic acids is 1. The monoisotopic (exact) mass is 656 g/mol. The number of benzene rings is 2. The van der Waals surface area contributed by atoms with Crippen molar-refractivity contribution in [1.82, 2.24) is 4.72 Å². The fourth-order valence-electron chi connectivity index (χ4n) is 7.49. The molecule has 6 rings (SSSR count). The van der Waals surface area contributed by atoms with Gasteiger partial charge in [0.2, 0.25) is 10.0 Å². The molecule has 0 aromatic heterocycles. The van der Waals surface area contributed by atoms with Gasteiger partial charge in [-0.2, -0.15) is 0 Å². The topological polar surface area (TPSA) is 122 Å². The van der Waals surface area contributed by atoms with Crippen LogP contribution >= 0.6 is 11.6 Å². The van der Waals surface area contributed by atoms with Crippen molar-refractivity contribution in [1.29, 1.82) is 0 Å². The van der Waals surface area contributed by atoms with Gasteiger partial charge in [-0.15, -0.1) is 0 Å². The molecule has 2 N–H and O–H groups in total. The number of carboxylic acid groups (broad SMARTS) is 1. The van der Waals surface area contributed by atoms with Crippen molar-refractivity contribution in [2.45, 2.75) is 69.1 Å². The van der Waals surface area contributed by atoms with Crippen molar-refractivity contribution >= 4 is 39.2 Å². The Morgan fingerprint density at radius 3 is 2.78 bits per heavy atom. The number of hydrogen-bond acceptors (Lipinski definition) is 7. The number of fused-ring (bicyclic) bond motifs is 4. The summed E-state index contributed by atoms with van der Waals surface area (Å²) >= 11 is 6.40. The van der Waals surface area contributed by atoms with E-state index in [0.717, 1.165) is 37.8 Å². The molecule has 242 valence electrons. The van der Waals surface area contributed by atoms with Crippen LogP contribution in [0.25, 0.3) is 0 Å². The molecule has 2 heterocycles. The van der Waals surface area contributed by atoms with Gasteiger partial charge >= 0.3 is 5.97 Å². The van der Waals surface area contributed by atoms with Crippen LogP contribution < -0.4 is 14.4 Å². The van der Waals surface area contributed by atoms with Crippen LogP contribution in [0.3, 0.4) is 0 Å². The number of hydrogen-bond donors (Lipinski definition) is 2. The second-order valence-electron chi connectivity index (χ2n) is 13.3. The lowest BCUT2D eigenvalue weighted by Gasteiger charge is -2.46. The summed E-state index contributed by atoms with van der Waals surface area (Å²) < 4.78 is 41.3. The van der Waals surface area contributed by atoms with Crippen LogP contribution in [0.5, 0.6) is 5.75 Å². The summed E-state index contributed by atoms with van der Waals surface area (Å²) in [5.41, 5.74) is 3.13. The maximum Gasteiger partial charge on any atom is 0.329 e. The Hall–Kier alpha value is -3.08. The molecule has 2 aliphatic heterocycles. The van der Waals surface area contributed by atoms with Crippen LogP contribution in [0.2, 0.25) is 5.02 Å². The highest BCUT2D eigenvalue weighted by Gasteiger charge is 2.44. The fourth-order valence-corrected chi connectivity index (χ4v) is 8.97. The molecule has 6 atom stereocenters. The van der Waals surface area contributed by atoms with E-state index in [-0.39, 0.29) is 28.7 Å². The molecule has 2 bridgehead atoms. The average molecular weight is 657 g/mol. The third kappa shape index (κ3) is 6.46. The zero-order chi connectivity index (χ0) is 31.9. The van der Waals surface area contributed by atoms with Crippen LogP contribution in [-0.4, -0.2) is 63.1 Å². The summed E-state index contributed by atoms with van der Waals surface area (Å²) in [7, 11) is -3.98. The van der Waals surface area contributed by atoms with Gasteiger partial charge in [-0.05, 0) is 105 Å². The smallest absolute Gasteiger partial charge is 0.329 e. The quantitative estimate of drug-likeness (QED) is 0.424. The number of ether oxygens (including phenoxy) is 2. The molecule has 2 aromatic carbocycles. The van der Waals surface area contributed by atoms with Gasteiger partial charge in [0.25, 0.3) is 5.91 Å². The lowest BCUT2D eigenvalue weighted by Crippen LogP contribution is -2.49. The zero-order valence-electron chi connectivity index (χ0n) is 25.7. The molecule has 2 aliphatic carbocycles. The normalized spacial score (nSPS) is 31.8. The van der Waals surface area contributed by atoms with E-state index in [1.807, 2.05) is 31.2 Å². The number of nitrogens with zero attached hydrogens (tertiary/aromatic N) is 1. The number of carbonyl (C=O) groups is 2. The van der Waals surface area contributed by atoms with Gasteiger partial charge in [0, 0.05) is 29.1 Å². The highest BCUT2D eigenvalue weighted by molar-refractivity contribution is 7.90. The summed E-state index contributed by atoms with van der Waals surface area (Å²) in [5, 5.41) is 9.26. The number of nitrogens with one attached hydrogen (secondary N) is 1.